The number of fused-ring (bicyclic) bond motifs is 1. The first-order chi connectivity index (χ1) is 15.6. The number of anilines is 1. The molecule has 2 aliphatic heterocycles. The Hall–Kier alpha value is -3.68. The number of nitrogens with zero attached hydrogens (tertiary/aromatic N) is 4. The van der Waals surface area contributed by atoms with Crippen LogP contribution in [0.1, 0.15) is 27.7 Å². The Morgan fingerprint density at radius 2 is 1.78 bits per heavy atom. The molecule has 0 saturated carbocycles. The molecule has 164 valence electrons. The fourth-order valence-electron chi connectivity index (χ4n) is 4.48. The predicted octanol–water partition coefficient (Wildman–Crippen LogP) is 2.90. The second-order valence-electron chi connectivity index (χ2n) is 8.03. The standard InChI is InChI=1S/C24H23FN4O3/c25-19-6-1-2-7-20(19)27-10-12-28(13-11-27)23(30)18-16-29(24(31)21-8-4-14-32-21)15-17-5-3-9-26-22(17)18/h1-9,14,18H,10-13,15-16H2. The molecule has 1 fully saturated rings. The van der Waals surface area contributed by atoms with Crippen molar-refractivity contribution in [3.8, 4) is 0 Å². The average Bonchev–Trinajstić information content (AvgIpc) is 3.38. The lowest BCUT2D eigenvalue weighted by atomic mass is 9.93. The van der Waals surface area contributed by atoms with Crippen LogP contribution in [0.4, 0.5) is 10.1 Å². The van der Waals surface area contributed by atoms with Gasteiger partial charge in [0.15, 0.2) is 5.76 Å². The number of hydrogen-bond donors (Lipinski definition) is 0. The largest absolute Gasteiger partial charge is 0.459 e. The molecule has 8 heteroatoms. The Balaban J connectivity index is 1.33. The number of benzene rings is 1. The molecule has 1 atom stereocenters. The summed E-state index contributed by atoms with van der Waals surface area (Å²) in [6.45, 7) is 2.69. The quantitative estimate of drug-likeness (QED) is 0.634. The van der Waals surface area contributed by atoms with Crippen molar-refractivity contribution in [1.29, 1.82) is 0 Å². The molecule has 0 spiro atoms. The first-order valence-electron chi connectivity index (χ1n) is 10.7. The van der Waals surface area contributed by atoms with E-state index in [2.05, 4.69) is 4.98 Å². The van der Waals surface area contributed by atoms with Crippen molar-refractivity contribution in [3.63, 3.8) is 0 Å². The molecule has 2 amide bonds. The fourth-order valence-corrected chi connectivity index (χ4v) is 4.48. The predicted molar refractivity (Wildman–Crippen MR) is 116 cm³/mol. The number of aromatic nitrogens is 1. The molecule has 4 heterocycles. The summed E-state index contributed by atoms with van der Waals surface area (Å²) < 4.78 is 19.4. The highest BCUT2D eigenvalue weighted by atomic mass is 19.1. The summed E-state index contributed by atoms with van der Waals surface area (Å²) in [6.07, 6.45) is 3.14. The molecular formula is C24H23FN4O3. The summed E-state index contributed by atoms with van der Waals surface area (Å²) in [6, 6.07) is 13.7. The SMILES string of the molecule is O=C(c1ccco1)N1Cc2cccnc2C(C(=O)N2CCN(c3ccccc3F)CC2)C1. The molecule has 0 radical (unpaired) electrons. The second-order valence-corrected chi connectivity index (χ2v) is 8.03. The van der Waals surface area contributed by atoms with Crippen LogP contribution in [0.25, 0.3) is 0 Å². The Kier molecular flexibility index (Phi) is 5.34. The van der Waals surface area contributed by atoms with Crippen molar-refractivity contribution in [2.45, 2.75) is 12.5 Å². The van der Waals surface area contributed by atoms with Gasteiger partial charge in [0.05, 0.1) is 23.6 Å². The topological polar surface area (TPSA) is 69.9 Å². The lowest BCUT2D eigenvalue weighted by molar-refractivity contribution is -0.133. The van der Waals surface area contributed by atoms with E-state index in [1.807, 2.05) is 23.1 Å². The monoisotopic (exact) mass is 434 g/mol. The van der Waals surface area contributed by atoms with Gasteiger partial charge in [0.1, 0.15) is 5.82 Å². The van der Waals surface area contributed by atoms with E-state index in [0.29, 0.717) is 38.4 Å². The Morgan fingerprint density at radius 1 is 0.969 bits per heavy atom. The maximum Gasteiger partial charge on any atom is 0.289 e. The molecule has 0 N–H and O–H groups in total. The highest BCUT2D eigenvalue weighted by molar-refractivity contribution is 5.93. The van der Waals surface area contributed by atoms with Gasteiger partial charge in [0.2, 0.25) is 5.91 Å². The third-order valence-corrected chi connectivity index (χ3v) is 6.12. The van der Waals surface area contributed by atoms with Crippen LogP contribution < -0.4 is 4.90 Å². The van der Waals surface area contributed by atoms with E-state index >= 15 is 0 Å². The zero-order valence-corrected chi connectivity index (χ0v) is 17.5. The van der Waals surface area contributed by atoms with Crippen LogP contribution in [0, 0.1) is 5.82 Å². The van der Waals surface area contributed by atoms with Gasteiger partial charge in [-0.3, -0.25) is 14.6 Å². The minimum atomic E-state index is -0.543. The molecule has 2 aliphatic rings. The molecule has 2 aromatic heterocycles. The van der Waals surface area contributed by atoms with Crippen LogP contribution in [0.3, 0.4) is 0 Å². The van der Waals surface area contributed by atoms with E-state index in [9.17, 15) is 14.0 Å². The lowest BCUT2D eigenvalue weighted by Crippen LogP contribution is -2.52. The number of amides is 2. The van der Waals surface area contributed by atoms with Gasteiger partial charge in [-0.2, -0.15) is 0 Å². The molecule has 1 saturated heterocycles. The maximum atomic E-state index is 14.1. The number of para-hydroxylation sites is 1. The van der Waals surface area contributed by atoms with Gasteiger partial charge in [-0.15, -0.1) is 0 Å². The van der Waals surface area contributed by atoms with Crippen molar-refractivity contribution in [3.05, 3.63) is 83.8 Å². The molecule has 1 unspecified atom stereocenters. The van der Waals surface area contributed by atoms with Crippen LogP contribution in [0.5, 0.6) is 0 Å². The number of furan rings is 1. The molecule has 1 aromatic carbocycles. The van der Waals surface area contributed by atoms with E-state index in [-0.39, 0.29) is 29.9 Å². The van der Waals surface area contributed by atoms with Gasteiger partial charge in [0.25, 0.3) is 5.91 Å². The summed E-state index contributed by atoms with van der Waals surface area (Å²) in [5, 5.41) is 0. The van der Waals surface area contributed by atoms with Crippen LogP contribution in [-0.4, -0.2) is 59.3 Å². The summed E-state index contributed by atoms with van der Waals surface area (Å²) in [5.41, 5.74) is 2.14. The van der Waals surface area contributed by atoms with E-state index in [4.69, 9.17) is 4.42 Å². The zero-order valence-electron chi connectivity index (χ0n) is 17.5. The Bertz CT molecular complexity index is 1130. The van der Waals surface area contributed by atoms with Gasteiger partial charge < -0.3 is 19.1 Å². The molecule has 7 nitrogen and oxygen atoms in total. The van der Waals surface area contributed by atoms with Gasteiger partial charge >= 0.3 is 0 Å². The molecule has 3 aromatic rings. The molecular weight excluding hydrogens is 411 g/mol. The number of carbonyl (C=O) groups is 2. The van der Waals surface area contributed by atoms with Gasteiger partial charge in [-0.05, 0) is 35.9 Å². The molecule has 0 aliphatic carbocycles. The minimum Gasteiger partial charge on any atom is -0.459 e. The second kappa shape index (κ2) is 8.45. The highest BCUT2D eigenvalue weighted by Gasteiger charge is 2.37. The number of piperazine rings is 1. The van der Waals surface area contributed by atoms with Crippen LogP contribution in [0.15, 0.2) is 65.4 Å². The maximum absolute atomic E-state index is 14.1. The Labute approximate surface area is 185 Å². The molecule has 32 heavy (non-hydrogen) atoms. The minimum absolute atomic E-state index is 0.0601. The average molecular weight is 434 g/mol. The van der Waals surface area contributed by atoms with E-state index in [1.165, 1.54) is 12.3 Å². The third-order valence-electron chi connectivity index (χ3n) is 6.12. The molecule has 0 bridgehead atoms. The van der Waals surface area contributed by atoms with E-state index in [0.717, 1.165) is 11.3 Å². The zero-order chi connectivity index (χ0) is 22.1. The van der Waals surface area contributed by atoms with Crippen molar-refractivity contribution < 1.29 is 18.4 Å². The van der Waals surface area contributed by atoms with Crippen LogP contribution in [-0.2, 0) is 11.3 Å². The van der Waals surface area contributed by atoms with E-state index < -0.39 is 5.92 Å². The third kappa shape index (κ3) is 3.72. The normalized spacial score (nSPS) is 18.4. The van der Waals surface area contributed by atoms with Crippen molar-refractivity contribution in [2.24, 2.45) is 0 Å². The number of hydrogen-bond acceptors (Lipinski definition) is 5. The smallest absolute Gasteiger partial charge is 0.289 e. The summed E-state index contributed by atoms with van der Waals surface area (Å²) in [5.74, 6) is -0.854. The number of rotatable bonds is 3. The first-order valence-corrected chi connectivity index (χ1v) is 10.7. The van der Waals surface area contributed by atoms with Gasteiger partial charge in [0, 0.05) is 45.5 Å². The van der Waals surface area contributed by atoms with Crippen molar-refractivity contribution >= 4 is 17.5 Å². The van der Waals surface area contributed by atoms with Crippen molar-refractivity contribution in [2.75, 3.05) is 37.6 Å². The molecule has 5 rings (SSSR count). The summed E-state index contributed by atoms with van der Waals surface area (Å²) >= 11 is 0. The Morgan fingerprint density at radius 3 is 2.53 bits per heavy atom. The number of pyridine rings is 1. The van der Waals surface area contributed by atoms with Crippen molar-refractivity contribution in [1.82, 2.24) is 14.8 Å². The number of carbonyl (C=O) groups excluding carboxylic acids is 2. The van der Waals surface area contributed by atoms with Gasteiger partial charge in [-0.25, -0.2) is 4.39 Å². The summed E-state index contributed by atoms with van der Waals surface area (Å²) in [7, 11) is 0. The van der Waals surface area contributed by atoms with Crippen LogP contribution >= 0.6 is 0 Å². The highest BCUT2D eigenvalue weighted by Crippen LogP contribution is 2.30. The fraction of sp³-hybridized carbons (Fsp3) is 0.292. The summed E-state index contributed by atoms with van der Waals surface area (Å²) in [4.78, 5) is 36.3. The first kappa shape index (κ1) is 20.2. The number of halogens is 1. The van der Waals surface area contributed by atoms with E-state index in [1.54, 1.807) is 40.3 Å². The van der Waals surface area contributed by atoms with Crippen LogP contribution in [0.2, 0.25) is 0 Å². The van der Waals surface area contributed by atoms with Gasteiger partial charge in [-0.1, -0.05) is 18.2 Å². The lowest BCUT2D eigenvalue weighted by Gasteiger charge is -2.39.